The standard InChI is InChI=1S/C17H16N2O2S2/c1-12-15(23-16(19-12)14-7-4-10-22-14)17(20)21-9-3-6-13-5-2-8-18-11-13/h2,4-5,7-8,10-11H,3,6,9H2,1H3. The normalized spacial score (nSPS) is 10.7. The fraction of sp³-hybridized carbons (Fsp3) is 0.235. The van der Waals surface area contributed by atoms with Crippen LogP contribution >= 0.6 is 22.7 Å². The number of rotatable bonds is 6. The molecular weight excluding hydrogens is 328 g/mol. The molecular formula is C17H16N2O2S2. The molecule has 0 bridgehead atoms. The van der Waals surface area contributed by atoms with Crippen molar-refractivity contribution in [2.45, 2.75) is 19.8 Å². The Hall–Kier alpha value is -2.05. The number of carbonyl (C=O) groups excluding carboxylic acids is 1. The zero-order valence-corrected chi connectivity index (χ0v) is 14.3. The second kappa shape index (κ2) is 7.48. The smallest absolute Gasteiger partial charge is 0.350 e. The average molecular weight is 344 g/mol. The highest BCUT2D eigenvalue weighted by atomic mass is 32.1. The molecule has 0 saturated heterocycles. The van der Waals surface area contributed by atoms with Gasteiger partial charge in [0, 0.05) is 12.4 Å². The number of thiazole rings is 1. The van der Waals surface area contributed by atoms with E-state index in [2.05, 4.69) is 9.97 Å². The summed E-state index contributed by atoms with van der Waals surface area (Å²) in [6, 6.07) is 7.92. The number of pyridine rings is 1. The van der Waals surface area contributed by atoms with Gasteiger partial charge in [0.05, 0.1) is 17.2 Å². The van der Waals surface area contributed by atoms with Crippen molar-refractivity contribution in [3.8, 4) is 9.88 Å². The Bertz CT molecular complexity index is 767. The maximum Gasteiger partial charge on any atom is 0.350 e. The number of esters is 1. The van der Waals surface area contributed by atoms with Crippen molar-refractivity contribution in [1.82, 2.24) is 9.97 Å². The summed E-state index contributed by atoms with van der Waals surface area (Å²) in [7, 11) is 0. The predicted octanol–water partition coefficient (Wildman–Crippen LogP) is 4.36. The molecule has 4 nitrogen and oxygen atoms in total. The summed E-state index contributed by atoms with van der Waals surface area (Å²) in [5.41, 5.74) is 1.88. The zero-order chi connectivity index (χ0) is 16.1. The Balaban J connectivity index is 1.54. The van der Waals surface area contributed by atoms with Gasteiger partial charge in [-0.25, -0.2) is 9.78 Å². The summed E-state index contributed by atoms with van der Waals surface area (Å²) < 4.78 is 5.38. The molecule has 0 aliphatic heterocycles. The highest BCUT2D eigenvalue weighted by Crippen LogP contribution is 2.31. The molecule has 0 spiro atoms. The van der Waals surface area contributed by atoms with Gasteiger partial charge in [0.25, 0.3) is 0 Å². The summed E-state index contributed by atoms with van der Waals surface area (Å²) >= 11 is 3.01. The lowest BCUT2D eigenvalue weighted by Crippen LogP contribution is -2.06. The zero-order valence-electron chi connectivity index (χ0n) is 12.7. The summed E-state index contributed by atoms with van der Waals surface area (Å²) in [5, 5.41) is 2.88. The minimum absolute atomic E-state index is 0.283. The van der Waals surface area contributed by atoms with Crippen LogP contribution in [-0.2, 0) is 11.2 Å². The summed E-state index contributed by atoms with van der Waals surface area (Å²) in [5.74, 6) is -0.283. The topological polar surface area (TPSA) is 52.1 Å². The molecule has 3 rings (SSSR count). The van der Waals surface area contributed by atoms with Gasteiger partial charge < -0.3 is 4.74 Å². The van der Waals surface area contributed by atoms with Gasteiger partial charge in [-0.2, -0.15) is 0 Å². The van der Waals surface area contributed by atoms with E-state index in [1.165, 1.54) is 11.3 Å². The van der Waals surface area contributed by atoms with E-state index < -0.39 is 0 Å². The lowest BCUT2D eigenvalue weighted by molar-refractivity contribution is 0.0505. The van der Waals surface area contributed by atoms with Crippen molar-refractivity contribution in [2.24, 2.45) is 0 Å². The van der Waals surface area contributed by atoms with Gasteiger partial charge >= 0.3 is 5.97 Å². The van der Waals surface area contributed by atoms with E-state index in [-0.39, 0.29) is 5.97 Å². The van der Waals surface area contributed by atoms with Crippen molar-refractivity contribution in [3.63, 3.8) is 0 Å². The first-order valence-corrected chi connectivity index (χ1v) is 9.01. The molecule has 0 aliphatic rings. The van der Waals surface area contributed by atoms with Crippen LogP contribution in [0.15, 0.2) is 42.0 Å². The largest absolute Gasteiger partial charge is 0.461 e. The quantitative estimate of drug-likeness (QED) is 0.492. The number of aromatic nitrogens is 2. The van der Waals surface area contributed by atoms with E-state index in [1.54, 1.807) is 17.5 Å². The first-order valence-electron chi connectivity index (χ1n) is 7.31. The lowest BCUT2D eigenvalue weighted by atomic mass is 10.2. The third-order valence-electron chi connectivity index (χ3n) is 3.28. The predicted molar refractivity (Wildman–Crippen MR) is 93.0 cm³/mol. The van der Waals surface area contributed by atoms with Crippen LogP contribution in [0.1, 0.15) is 27.3 Å². The van der Waals surface area contributed by atoms with E-state index in [0.717, 1.165) is 34.0 Å². The van der Waals surface area contributed by atoms with Crippen LogP contribution in [0, 0.1) is 6.92 Å². The van der Waals surface area contributed by atoms with Gasteiger partial charge in [-0.1, -0.05) is 12.1 Å². The maximum absolute atomic E-state index is 12.2. The number of nitrogens with zero attached hydrogens (tertiary/aromatic N) is 2. The SMILES string of the molecule is Cc1nc(-c2cccs2)sc1C(=O)OCCCc1cccnc1. The minimum atomic E-state index is -0.283. The van der Waals surface area contributed by atoms with Crippen molar-refractivity contribution in [2.75, 3.05) is 6.61 Å². The molecule has 0 N–H and O–H groups in total. The highest BCUT2D eigenvalue weighted by molar-refractivity contribution is 7.22. The molecule has 23 heavy (non-hydrogen) atoms. The van der Waals surface area contributed by atoms with Gasteiger partial charge in [0.15, 0.2) is 0 Å². The Kier molecular flexibility index (Phi) is 5.15. The number of hydrogen-bond donors (Lipinski definition) is 0. The van der Waals surface area contributed by atoms with Crippen molar-refractivity contribution in [3.05, 3.63) is 58.2 Å². The van der Waals surface area contributed by atoms with E-state index in [1.807, 2.05) is 42.8 Å². The molecule has 0 amide bonds. The first-order chi connectivity index (χ1) is 11.2. The van der Waals surface area contributed by atoms with Crippen LogP contribution < -0.4 is 0 Å². The van der Waals surface area contributed by atoms with E-state index >= 15 is 0 Å². The highest BCUT2D eigenvalue weighted by Gasteiger charge is 2.17. The molecule has 118 valence electrons. The molecule has 0 saturated carbocycles. The Morgan fingerprint density at radius 3 is 2.96 bits per heavy atom. The second-order valence-corrected chi connectivity index (χ2v) is 6.96. The van der Waals surface area contributed by atoms with Crippen LogP contribution in [0.4, 0.5) is 0 Å². The minimum Gasteiger partial charge on any atom is -0.461 e. The summed E-state index contributed by atoms with van der Waals surface area (Å²) in [6.07, 6.45) is 5.22. The molecule has 0 unspecified atom stereocenters. The third kappa shape index (κ3) is 4.03. The molecule has 0 aromatic carbocycles. The fourth-order valence-corrected chi connectivity index (χ4v) is 3.90. The van der Waals surface area contributed by atoms with Gasteiger partial charge in [-0.3, -0.25) is 4.98 Å². The lowest BCUT2D eigenvalue weighted by Gasteiger charge is -2.03. The van der Waals surface area contributed by atoms with Crippen LogP contribution in [0.25, 0.3) is 9.88 Å². The summed E-state index contributed by atoms with van der Waals surface area (Å²) in [6.45, 7) is 2.25. The van der Waals surface area contributed by atoms with Gasteiger partial charge in [0.1, 0.15) is 9.88 Å². The number of thiophene rings is 1. The monoisotopic (exact) mass is 344 g/mol. The van der Waals surface area contributed by atoms with E-state index in [0.29, 0.717) is 11.5 Å². The number of carbonyl (C=O) groups is 1. The van der Waals surface area contributed by atoms with Crippen LogP contribution in [0.2, 0.25) is 0 Å². The van der Waals surface area contributed by atoms with Gasteiger partial charge in [0.2, 0.25) is 0 Å². The third-order valence-corrected chi connectivity index (χ3v) is 5.46. The Labute approximate surface area is 142 Å². The molecule has 3 heterocycles. The average Bonchev–Trinajstić information content (AvgIpc) is 3.21. The molecule has 3 aromatic heterocycles. The fourth-order valence-electron chi connectivity index (χ4n) is 2.14. The Morgan fingerprint density at radius 1 is 1.30 bits per heavy atom. The molecule has 0 aliphatic carbocycles. The van der Waals surface area contributed by atoms with Crippen molar-refractivity contribution >= 4 is 28.6 Å². The second-order valence-electron chi connectivity index (χ2n) is 5.01. The van der Waals surface area contributed by atoms with Crippen LogP contribution in [0.3, 0.4) is 0 Å². The van der Waals surface area contributed by atoms with Crippen LogP contribution in [0.5, 0.6) is 0 Å². The van der Waals surface area contributed by atoms with Gasteiger partial charge in [-0.15, -0.1) is 22.7 Å². The summed E-state index contributed by atoms with van der Waals surface area (Å²) in [4.78, 5) is 22.4. The Morgan fingerprint density at radius 2 is 2.22 bits per heavy atom. The molecule has 3 aromatic rings. The molecule has 6 heteroatoms. The van der Waals surface area contributed by atoms with Crippen LogP contribution in [-0.4, -0.2) is 22.5 Å². The number of aryl methyl sites for hydroxylation is 2. The van der Waals surface area contributed by atoms with Gasteiger partial charge in [-0.05, 0) is 42.8 Å². The first kappa shape index (κ1) is 15.8. The maximum atomic E-state index is 12.2. The van der Waals surface area contributed by atoms with Crippen molar-refractivity contribution < 1.29 is 9.53 Å². The number of hydrogen-bond acceptors (Lipinski definition) is 6. The molecule has 0 radical (unpaired) electrons. The molecule has 0 fully saturated rings. The van der Waals surface area contributed by atoms with E-state index in [9.17, 15) is 4.79 Å². The van der Waals surface area contributed by atoms with E-state index in [4.69, 9.17) is 4.74 Å². The number of ether oxygens (including phenoxy) is 1. The van der Waals surface area contributed by atoms with Crippen molar-refractivity contribution in [1.29, 1.82) is 0 Å². The molecule has 0 atom stereocenters.